The SMILES string of the molecule is CC1(C(=O)/C(C#N)=C(/O)c2ccc(Cl)cc2[N+](=O)[O-])CC1. The molecule has 1 aliphatic rings. The van der Waals surface area contributed by atoms with E-state index in [1.807, 2.05) is 0 Å². The summed E-state index contributed by atoms with van der Waals surface area (Å²) < 4.78 is 0. The zero-order chi connectivity index (χ0) is 15.8. The molecule has 1 aromatic rings. The number of Topliss-reactive ketones (excluding diaryl/α,β-unsaturated/α-hetero) is 1. The summed E-state index contributed by atoms with van der Waals surface area (Å²) in [5.41, 5.74) is -1.76. The highest BCUT2D eigenvalue weighted by Crippen LogP contribution is 2.48. The third kappa shape index (κ3) is 2.73. The van der Waals surface area contributed by atoms with Gasteiger partial charge in [0.2, 0.25) is 0 Å². The number of carbonyl (C=O) groups is 1. The molecule has 0 spiro atoms. The van der Waals surface area contributed by atoms with Crippen LogP contribution in [0.15, 0.2) is 23.8 Å². The number of nitro groups is 1. The number of halogens is 1. The maximum atomic E-state index is 12.2. The molecule has 1 saturated carbocycles. The van der Waals surface area contributed by atoms with Gasteiger partial charge in [0, 0.05) is 16.5 Å². The van der Waals surface area contributed by atoms with Crippen molar-refractivity contribution in [3.8, 4) is 6.07 Å². The molecule has 108 valence electrons. The predicted molar refractivity (Wildman–Crippen MR) is 75.6 cm³/mol. The van der Waals surface area contributed by atoms with E-state index in [1.54, 1.807) is 13.0 Å². The van der Waals surface area contributed by atoms with Gasteiger partial charge in [0.25, 0.3) is 5.69 Å². The molecule has 2 rings (SSSR count). The van der Waals surface area contributed by atoms with Gasteiger partial charge in [-0.1, -0.05) is 18.5 Å². The molecule has 1 N–H and O–H groups in total. The number of carbonyl (C=O) groups excluding carboxylic acids is 1. The van der Waals surface area contributed by atoms with Crippen LogP contribution in [-0.4, -0.2) is 15.8 Å². The minimum absolute atomic E-state index is 0.122. The molecule has 1 aliphatic carbocycles. The number of allylic oxidation sites excluding steroid dienone is 1. The summed E-state index contributed by atoms with van der Waals surface area (Å²) in [7, 11) is 0. The molecule has 0 amide bonds. The van der Waals surface area contributed by atoms with Crippen LogP contribution in [0, 0.1) is 26.9 Å². The highest BCUT2D eigenvalue weighted by Gasteiger charge is 2.47. The number of nitro benzene ring substituents is 1. The summed E-state index contributed by atoms with van der Waals surface area (Å²) in [6.07, 6.45) is 1.26. The minimum Gasteiger partial charge on any atom is -0.506 e. The van der Waals surface area contributed by atoms with Crippen LogP contribution >= 0.6 is 11.6 Å². The van der Waals surface area contributed by atoms with Gasteiger partial charge < -0.3 is 5.11 Å². The topological polar surface area (TPSA) is 104 Å². The Hall–Kier alpha value is -2.39. The Labute approximate surface area is 125 Å². The molecule has 0 aliphatic heterocycles. The summed E-state index contributed by atoms with van der Waals surface area (Å²) in [5.74, 6) is -1.18. The minimum atomic E-state index is -0.726. The van der Waals surface area contributed by atoms with Crippen molar-refractivity contribution in [2.24, 2.45) is 5.41 Å². The monoisotopic (exact) mass is 306 g/mol. The van der Waals surface area contributed by atoms with E-state index in [0.29, 0.717) is 12.8 Å². The smallest absolute Gasteiger partial charge is 0.281 e. The van der Waals surface area contributed by atoms with E-state index in [-0.39, 0.29) is 10.6 Å². The van der Waals surface area contributed by atoms with E-state index in [4.69, 9.17) is 16.9 Å². The number of nitrogens with zero attached hydrogens (tertiary/aromatic N) is 2. The van der Waals surface area contributed by atoms with Gasteiger partial charge in [-0.25, -0.2) is 0 Å². The van der Waals surface area contributed by atoms with E-state index in [0.717, 1.165) is 6.07 Å². The molecular weight excluding hydrogens is 296 g/mol. The quantitative estimate of drug-likeness (QED) is 0.302. The lowest BCUT2D eigenvalue weighted by Crippen LogP contribution is -2.15. The molecule has 7 heteroatoms. The van der Waals surface area contributed by atoms with Crippen molar-refractivity contribution < 1.29 is 14.8 Å². The fourth-order valence-electron chi connectivity index (χ4n) is 1.92. The van der Waals surface area contributed by atoms with Gasteiger partial charge in [0.05, 0.1) is 10.5 Å². The van der Waals surface area contributed by atoms with E-state index in [1.165, 1.54) is 12.1 Å². The van der Waals surface area contributed by atoms with Crippen molar-refractivity contribution in [2.75, 3.05) is 0 Å². The number of hydrogen-bond donors (Lipinski definition) is 1. The summed E-state index contributed by atoms with van der Waals surface area (Å²) in [5, 5.41) is 30.4. The van der Waals surface area contributed by atoms with Crippen LogP contribution in [0.3, 0.4) is 0 Å². The standard InChI is InChI=1S/C14H11ClN2O4/c1-14(4-5-14)13(19)10(7-16)12(18)9-3-2-8(15)6-11(9)17(20)21/h2-3,6,18H,4-5H2,1H3/b12-10+. The normalized spacial score (nSPS) is 16.6. The highest BCUT2D eigenvalue weighted by atomic mass is 35.5. The van der Waals surface area contributed by atoms with Gasteiger partial charge in [-0.2, -0.15) is 5.26 Å². The van der Waals surface area contributed by atoms with Gasteiger partial charge >= 0.3 is 0 Å². The molecule has 0 aromatic heterocycles. The fourth-order valence-corrected chi connectivity index (χ4v) is 2.08. The van der Waals surface area contributed by atoms with E-state index < -0.39 is 33.1 Å². The number of aliphatic hydroxyl groups is 1. The fraction of sp³-hybridized carbons (Fsp3) is 0.286. The molecule has 0 saturated heterocycles. The van der Waals surface area contributed by atoms with E-state index in [2.05, 4.69) is 0 Å². The lowest BCUT2D eigenvalue weighted by atomic mass is 9.94. The van der Waals surface area contributed by atoms with Gasteiger partial charge in [-0.15, -0.1) is 0 Å². The van der Waals surface area contributed by atoms with Crippen LogP contribution in [0.4, 0.5) is 5.69 Å². The first-order chi connectivity index (χ1) is 9.80. The van der Waals surface area contributed by atoms with Crippen LogP contribution in [0.2, 0.25) is 5.02 Å². The summed E-state index contributed by atoms with van der Waals surface area (Å²) in [6, 6.07) is 5.28. The van der Waals surface area contributed by atoms with Crippen LogP contribution in [-0.2, 0) is 4.79 Å². The summed E-state index contributed by atoms with van der Waals surface area (Å²) >= 11 is 5.69. The first-order valence-electron chi connectivity index (χ1n) is 6.12. The lowest BCUT2D eigenvalue weighted by molar-refractivity contribution is -0.385. The third-order valence-electron chi connectivity index (χ3n) is 3.54. The second kappa shape index (κ2) is 5.19. The first kappa shape index (κ1) is 15.0. The van der Waals surface area contributed by atoms with Crippen molar-refractivity contribution >= 4 is 28.8 Å². The number of ketones is 1. The second-order valence-corrected chi connectivity index (χ2v) is 5.58. The van der Waals surface area contributed by atoms with E-state index in [9.17, 15) is 20.0 Å². The molecule has 0 heterocycles. The van der Waals surface area contributed by atoms with Crippen molar-refractivity contribution in [1.29, 1.82) is 5.26 Å². The number of nitriles is 1. The van der Waals surface area contributed by atoms with Crippen molar-refractivity contribution in [3.05, 3.63) is 44.5 Å². The van der Waals surface area contributed by atoms with Crippen LogP contribution in [0.1, 0.15) is 25.3 Å². The summed E-state index contributed by atoms with van der Waals surface area (Å²) in [6.45, 7) is 1.69. The molecule has 0 bridgehead atoms. The maximum absolute atomic E-state index is 12.2. The lowest BCUT2D eigenvalue weighted by Gasteiger charge is -2.09. The highest BCUT2D eigenvalue weighted by molar-refractivity contribution is 6.30. The largest absolute Gasteiger partial charge is 0.506 e. The molecule has 0 unspecified atom stereocenters. The van der Waals surface area contributed by atoms with Crippen molar-refractivity contribution in [3.63, 3.8) is 0 Å². The Morgan fingerprint density at radius 2 is 2.14 bits per heavy atom. The zero-order valence-corrected chi connectivity index (χ0v) is 11.8. The number of rotatable bonds is 4. The van der Waals surface area contributed by atoms with Gasteiger partial charge in [-0.3, -0.25) is 14.9 Å². The Balaban J connectivity index is 2.59. The van der Waals surface area contributed by atoms with Gasteiger partial charge in [0.15, 0.2) is 11.5 Å². The molecule has 6 nitrogen and oxygen atoms in total. The molecule has 0 radical (unpaired) electrons. The van der Waals surface area contributed by atoms with Gasteiger partial charge in [-0.05, 0) is 25.0 Å². The first-order valence-corrected chi connectivity index (χ1v) is 6.50. The molecule has 1 fully saturated rings. The zero-order valence-electron chi connectivity index (χ0n) is 11.1. The maximum Gasteiger partial charge on any atom is 0.281 e. The average molecular weight is 307 g/mol. The third-order valence-corrected chi connectivity index (χ3v) is 3.77. The Kier molecular flexibility index (Phi) is 3.71. The molecule has 21 heavy (non-hydrogen) atoms. The number of hydrogen-bond acceptors (Lipinski definition) is 5. The second-order valence-electron chi connectivity index (χ2n) is 5.14. The summed E-state index contributed by atoms with van der Waals surface area (Å²) in [4.78, 5) is 22.5. The molecular formula is C14H11ClN2O4. The number of aliphatic hydroxyl groups excluding tert-OH is 1. The van der Waals surface area contributed by atoms with Crippen LogP contribution in [0.25, 0.3) is 5.76 Å². The van der Waals surface area contributed by atoms with Gasteiger partial charge in [0.1, 0.15) is 11.6 Å². The van der Waals surface area contributed by atoms with Crippen molar-refractivity contribution in [1.82, 2.24) is 0 Å². The molecule has 1 aromatic carbocycles. The van der Waals surface area contributed by atoms with Crippen LogP contribution < -0.4 is 0 Å². The van der Waals surface area contributed by atoms with E-state index >= 15 is 0 Å². The number of benzene rings is 1. The Bertz CT molecular complexity index is 714. The van der Waals surface area contributed by atoms with Crippen molar-refractivity contribution in [2.45, 2.75) is 19.8 Å². The Morgan fingerprint density at radius 3 is 2.62 bits per heavy atom. The molecule has 0 atom stereocenters. The average Bonchev–Trinajstić information content (AvgIpc) is 3.18. The Morgan fingerprint density at radius 1 is 1.52 bits per heavy atom. The predicted octanol–water partition coefficient (Wildman–Crippen LogP) is 3.41. The van der Waals surface area contributed by atoms with Crippen LogP contribution in [0.5, 0.6) is 0 Å².